The number of rotatable bonds is 10. The summed E-state index contributed by atoms with van der Waals surface area (Å²) in [5.41, 5.74) is 1.74. The Kier molecular flexibility index (Phi) is 8.02. The van der Waals surface area contributed by atoms with Crippen molar-refractivity contribution in [3.8, 4) is 23.0 Å². The van der Waals surface area contributed by atoms with Gasteiger partial charge in [0.15, 0.2) is 11.5 Å². The average Bonchev–Trinajstić information content (AvgIpc) is 2.89. The number of fused-ring (bicyclic) bond motifs is 1. The molecular formula is C27H28N2O6S. The maximum Gasteiger partial charge on any atom is 0.307 e. The molecule has 2 heterocycles. The lowest BCUT2D eigenvalue weighted by Crippen LogP contribution is -2.30. The lowest BCUT2D eigenvalue weighted by atomic mass is 10.2. The number of hydrogen-bond donors (Lipinski definition) is 1. The summed E-state index contributed by atoms with van der Waals surface area (Å²) in [6.45, 7) is 0.892. The molecule has 8 nitrogen and oxygen atoms in total. The van der Waals surface area contributed by atoms with Gasteiger partial charge in [-0.2, -0.15) is 0 Å². The molecule has 0 spiro atoms. The van der Waals surface area contributed by atoms with Gasteiger partial charge in [-0.3, -0.25) is 9.36 Å². The molecule has 0 saturated carbocycles. The molecule has 0 aliphatic carbocycles. The van der Waals surface area contributed by atoms with E-state index >= 15 is 0 Å². The van der Waals surface area contributed by atoms with Crippen LogP contribution >= 0.6 is 0 Å². The quantitative estimate of drug-likeness (QED) is 0.259. The van der Waals surface area contributed by atoms with Crippen molar-refractivity contribution >= 4 is 21.9 Å². The van der Waals surface area contributed by atoms with Crippen LogP contribution in [-0.4, -0.2) is 47.5 Å². The number of phenolic OH excluding ortho intramolecular Hbond substituents is 1. The highest BCUT2D eigenvalue weighted by atomic mass is 32.2. The standard InChI is InChI=1S/C27H28N2O6S/c1-33-22-15-19(14-21(30)24(22)34-2)17-35-12-13-36(3)25-23(31)20-10-7-11-28-26(20)29(27(25)32)16-18-8-5-4-6-9-18/h4-11,14-15H,12-13,16-17H2,1-3H3,(H-,30,31,32). The monoisotopic (exact) mass is 508 g/mol. The normalized spacial score (nSPS) is 12.0. The Morgan fingerprint density at radius 1 is 1.06 bits per heavy atom. The van der Waals surface area contributed by atoms with E-state index in [1.54, 1.807) is 35.0 Å². The molecule has 188 valence electrons. The van der Waals surface area contributed by atoms with Crippen molar-refractivity contribution in [2.45, 2.75) is 18.0 Å². The van der Waals surface area contributed by atoms with E-state index in [0.29, 0.717) is 41.3 Å². The molecule has 0 aliphatic rings. The van der Waals surface area contributed by atoms with Crippen LogP contribution in [-0.2, 0) is 28.8 Å². The van der Waals surface area contributed by atoms with Crippen LogP contribution in [0.15, 0.2) is 70.5 Å². The first-order valence-corrected chi connectivity index (χ1v) is 13.1. The van der Waals surface area contributed by atoms with Crippen molar-refractivity contribution in [3.05, 3.63) is 82.3 Å². The van der Waals surface area contributed by atoms with Gasteiger partial charge >= 0.3 is 5.56 Å². The summed E-state index contributed by atoms with van der Waals surface area (Å²) in [5.74, 6) is 0.859. The van der Waals surface area contributed by atoms with E-state index in [0.717, 1.165) is 5.56 Å². The summed E-state index contributed by atoms with van der Waals surface area (Å²) in [6, 6.07) is 16.3. The molecule has 4 aromatic rings. The zero-order valence-electron chi connectivity index (χ0n) is 20.4. The number of hydrogen-bond acceptors (Lipinski definition) is 7. The van der Waals surface area contributed by atoms with Crippen LogP contribution in [0.4, 0.5) is 0 Å². The van der Waals surface area contributed by atoms with Crippen LogP contribution in [0.1, 0.15) is 11.1 Å². The third kappa shape index (κ3) is 5.27. The molecule has 4 rings (SSSR count). The molecule has 1 atom stereocenters. The molecule has 2 aromatic carbocycles. The van der Waals surface area contributed by atoms with Gasteiger partial charge in [0, 0.05) is 22.5 Å². The minimum Gasteiger partial charge on any atom is -0.868 e. The van der Waals surface area contributed by atoms with Crippen LogP contribution in [0.2, 0.25) is 0 Å². The van der Waals surface area contributed by atoms with Gasteiger partial charge in [-0.05, 0) is 35.1 Å². The van der Waals surface area contributed by atoms with Gasteiger partial charge in [0.1, 0.15) is 17.7 Å². The lowest BCUT2D eigenvalue weighted by molar-refractivity contribution is -0.270. The predicted octanol–water partition coefficient (Wildman–Crippen LogP) is 3.07. The zero-order chi connectivity index (χ0) is 25.7. The second kappa shape index (κ2) is 11.4. The number of methoxy groups -OCH3 is 2. The Balaban J connectivity index is 1.53. The average molecular weight is 509 g/mol. The summed E-state index contributed by atoms with van der Waals surface area (Å²) in [4.78, 5) is 18.1. The van der Waals surface area contributed by atoms with Gasteiger partial charge in [-0.1, -0.05) is 36.4 Å². The molecule has 0 fully saturated rings. The first-order chi connectivity index (χ1) is 17.4. The molecule has 9 heteroatoms. The van der Waals surface area contributed by atoms with Crippen LogP contribution in [0.25, 0.3) is 11.0 Å². The van der Waals surface area contributed by atoms with E-state index in [-0.39, 0.29) is 34.3 Å². The largest absolute Gasteiger partial charge is 0.868 e. The van der Waals surface area contributed by atoms with Crippen molar-refractivity contribution in [1.29, 1.82) is 0 Å². The molecule has 0 aliphatic heterocycles. The summed E-state index contributed by atoms with van der Waals surface area (Å²) >= 11 is 0. The predicted molar refractivity (Wildman–Crippen MR) is 138 cm³/mol. The van der Waals surface area contributed by atoms with Crippen molar-refractivity contribution in [2.24, 2.45) is 0 Å². The molecule has 1 N–H and O–H groups in total. The number of ether oxygens (including phenoxy) is 3. The molecule has 1 unspecified atom stereocenters. The zero-order valence-corrected chi connectivity index (χ0v) is 21.2. The van der Waals surface area contributed by atoms with Crippen LogP contribution in [0, 0.1) is 0 Å². The number of benzene rings is 2. The first kappa shape index (κ1) is 25.4. The summed E-state index contributed by atoms with van der Waals surface area (Å²) in [7, 11) is 2.30. The van der Waals surface area contributed by atoms with E-state index in [2.05, 4.69) is 4.98 Å². The molecule has 36 heavy (non-hydrogen) atoms. The highest BCUT2D eigenvalue weighted by Crippen LogP contribution is 2.37. The van der Waals surface area contributed by atoms with Gasteiger partial charge in [0.25, 0.3) is 0 Å². The maximum absolute atomic E-state index is 13.5. The summed E-state index contributed by atoms with van der Waals surface area (Å²) < 4.78 is 17.8. The maximum atomic E-state index is 13.5. The van der Waals surface area contributed by atoms with Crippen LogP contribution in [0.5, 0.6) is 23.0 Å². The Morgan fingerprint density at radius 2 is 1.83 bits per heavy atom. The van der Waals surface area contributed by atoms with E-state index in [4.69, 9.17) is 14.2 Å². The van der Waals surface area contributed by atoms with Gasteiger partial charge in [0.05, 0.1) is 34.0 Å². The van der Waals surface area contributed by atoms with Crippen molar-refractivity contribution < 1.29 is 24.4 Å². The van der Waals surface area contributed by atoms with Crippen LogP contribution < -0.4 is 20.1 Å². The van der Waals surface area contributed by atoms with E-state index in [1.165, 1.54) is 14.2 Å². The summed E-state index contributed by atoms with van der Waals surface area (Å²) in [6.07, 6.45) is 3.48. The topological polar surface area (TPSA) is 106 Å². The minimum absolute atomic E-state index is 0.0366. The van der Waals surface area contributed by atoms with Gasteiger partial charge < -0.3 is 24.4 Å². The van der Waals surface area contributed by atoms with Gasteiger partial charge in [-0.15, -0.1) is 0 Å². The fourth-order valence-electron chi connectivity index (χ4n) is 4.01. The van der Waals surface area contributed by atoms with Crippen LogP contribution in [0.3, 0.4) is 0 Å². The Labute approximate surface area is 212 Å². The lowest BCUT2D eigenvalue weighted by Gasteiger charge is -2.18. The fraction of sp³-hybridized carbons (Fsp3) is 0.259. The number of aromatic hydroxyl groups is 1. The van der Waals surface area contributed by atoms with Gasteiger partial charge in [0.2, 0.25) is 10.6 Å². The SMILES string of the molecule is COc1cc(COCC[S+](C)c2c([O-])c3cccnc3n(Cc3ccccc3)c2=O)cc(O)c1OC. The number of pyridine rings is 2. The minimum atomic E-state index is -0.647. The smallest absolute Gasteiger partial charge is 0.307 e. The molecule has 0 saturated heterocycles. The molecule has 0 bridgehead atoms. The van der Waals surface area contributed by atoms with Crippen molar-refractivity contribution in [3.63, 3.8) is 0 Å². The van der Waals surface area contributed by atoms with Gasteiger partial charge in [-0.25, -0.2) is 4.98 Å². The molecule has 0 amide bonds. The van der Waals surface area contributed by atoms with Crippen molar-refractivity contribution in [2.75, 3.05) is 32.8 Å². The molecular weight excluding hydrogens is 480 g/mol. The highest BCUT2D eigenvalue weighted by Gasteiger charge is 2.25. The van der Waals surface area contributed by atoms with E-state index in [9.17, 15) is 15.0 Å². The summed E-state index contributed by atoms with van der Waals surface area (Å²) in [5, 5.41) is 23.9. The number of aromatic nitrogens is 2. The van der Waals surface area contributed by atoms with E-state index < -0.39 is 10.9 Å². The second-order valence-electron chi connectivity index (χ2n) is 8.15. The fourth-order valence-corrected chi connectivity index (χ4v) is 5.41. The first-order valence-electron chi connectivity index (χ1n) is 11.3. The van der Waals surface area contributed by atoms with Crippen molar-refractivity contribution in [1.82, 2.24) is 9.55 Å². The second-order valence-corrected chi connectivity index (χ2v) is 10.2. The highest BCUT2D eigenvalue weighted by molar-refractivity contribution is 7.96. The Morgan fingerprint density at radius 3 is 2.56 bits per heavy atom. The van der Waals surface area contributed by atoms with E-state index in [1.807, 2.05) is 36.6 Å². The molecule has 2 aromatic heterocycles. The Hall–Kier alpha value is -3.69. The number of phenols is 1. The molecule has 0 radical (unpaired) electrons. The third-order valence-corrected chi connectivity index (χ3v) is 7.62. The number of nitrogens with zero attached hydrogens (tertiary/aromatic N) is 2. The Bertz CT molecular complexity index is 1410. The third-order valence-electron chi connectivity index (χ3n) is 5.79.